The van der Waals surface area contributed by atoms with Gasteiger partial charge in [0.05, 0.1) is 33.8 Å². The third kappa shape index (κ3) is 58.2. The smallest absolute Gasteiger partial charge is 0.456 e. The molecule has 9 nitrogen and oxygen atoms in total. The van der Waals surface area contributed by atoms with E-state index in [4.69, 9.17) is 13.8 Å². The van der Waals surface area contributed by atoms with Crippen LogP contribution in [0.1, 0.15) is 303 Å². The molecule has 10 heteroatoms. The number of likely N-dealkylation sites (N-methyl/N-ethyl adjacent to an activating group) is 1. The molecule has 0 spiro atoms. The molecule has 0 rings (SSSR count). The van der Waals surface area contributed by atoms with Crippen molar-refractivity contribution in [3.05, 3.63) is 60.8 Å². The highest BCUT2D eigenvalue weighted by Gasteiger charge is 2.30. The van der Waals surface area contributed by atoms with Crippen molar-refractivity contribution in [2.24, 2.45) is 0 Å². The average Bonchev–Trinajstić information content (AvgIpc) is 3.39. The van der Waals surface area contributed by atoms with Gasteiger partial charge in [0, 0.05) is 12.8 Å². The van der Waals surface area contributed by atoms with Crippen LogP contribution in [-0.4, -0.2) is 74.3 Å². The van der Waals surface area contributed by atoms with Gasteiger partial charge < -0.3 is 19.4 Å². The molecule has 3 unspecified atom stereocenters. The van der Waals surface area contributed by atoms with Crippen molar-refractivity contribution in [3.8, 4) is 0 Å². The summed E-state index contributed by atoms with van der Waals surface area (Å²) in [6.07, 6.45) is 72.2. The summed E-state index contributed by atoms with van der Waals surface area (Å²) < 4.78 is 30.7. The molecule has 450 valence electrons. The van der Waals surface area contributed by atoms with Crippen LogP contribution in [0.25, 0.3) is 0 Å². The summed E-state index contributed by atoms with van der Waals surface area (Å²) in [6.45, 7) is 7.00. The van der Waals surface area contributed by atoms with Gasteiger partial charge in [0.25, 0.3) is 0 Å². The highest BCUT2D eigenvalue weighted by atomic mass is 31.2. The van der Waals surface area contributed by atoms with Gasteiger partial charge in [0.1, 0.15) is 19.3 Å². The molecule has 2 N–H and O–H groups in total. The van der Waals surface area contributed by atoms with Crippen LogP contribution in [0, 0.1) is 0 Å². The van der Waals surface area contributed by atoms with Gasteiger partial charge in [-0.15, -0.1) is 0 Å². The molecule has 77 heavy (non-hydrogen) atoms. The number of ether oxygens (including phenoxy) is 1. The number of unbranched alkanes of at least 4 members (excludes halogenated alkanes) is 35. The van der Waals surface area contributed by atoms with Crippen LogP contribution in [0.2, 0.25) is 0 Å². The molecular weight excluding hydrogens is 976 g/mol. The predicted molar refractivity (Wildman–Crippen MR) is 332 cm³/mol. The molecule has 0 bridgehead atoms. The molecule has 0 heterocycles. The van der Waals surface area contributed by atoms with E-state index < -0.39 is 20.0 Å². The minimum atomic E-state index is -4.45. The van der Waals surface area contributed by atoms with Crippen molar-refractivity contribution in [3.63, 3.8) is 0 Å². The minimum absolute atomic E-state index is 0.0400. The first-order valence-corrected chi connectivity index (χ1v) is 34.1. The average molecular weight is 1100 g/mol. The van der Waals surface area contributed by atoms with Crippen LogP contribution < -0.4 is 5.32 Å². The molecule has 1 amide bonds. The lowest BCUT2D eigenvalue weighted by atomic mass is 10.0. The SMILES string of the molecule is CCCCC/C=C\C/C=C\C/C=C\C/C=C\CCCCCCCCCCCCCC(=O)NC(COP(=O)(O)OCC[N+](C)(C)C)C(/C=C/CCCCCCCCCCCCC)OC(=O)CCCCCCCCCCCCC. The highest BCUT2D eigenvalue weighted by molar-refractivity contribution is 7.47. The first kappa shape index (κ1) is 74.7. The maximum Gasteiger partial charge on any atom is 0.472 e. The molecule has 0 aliphatic rings. The van der Waals surface area contributed by atoms with E-state index in [-0.39, 0.29) is 25.1 Å². The number of phosphoric acid groups is 1. The predicted octanol–water partition coefficient (Wildman–Crippen LogP) is 20.2. The molecule has 0 aromatic carbocycles. The van der Waals surface area contributed by atoms with Crippen molar-refractivity contribution in [2.75, 3.05) is 40.9 Å². The van der Waals surface area contributed by atoms with Gasteiger partial charge in [-0.1, -0.05) is 275 Å². The van der Waals surface area contributed by atoms with Crippen molar-refractivity contribution in [1.29, 1.82) is 0 Å². The number of phosphoric ester groups is 1. The number of quaternary nitrogens is 1. The number of allylic oxidation sites excluding steroid dienone is 9. The zero-order valence-corrected chi connectivity index (χ0v) is 52.3. The second kappa shape index (κ2) is 57.0. The third-order valence-electron chi connectivity index (χ3n) is 14.5. The third-order valence-corrected chi connectivity index (χ3v) is 15.4. The topological polar surface area (TPSA) is 111 Å². The summed E-state index contributed by atoms with van der Waals surface area (Å²) in [5.74, 6) is -0.501. The minimum Gasteiger partial charge on any atom is -0.456 e. The van der Waals surface area contributed by atoms with E-state index in [9.17, 15) is 19.0 Å². The maximum absolute atomic E-state index is 13.6. The summed E-state index contributed by atoms with van der Waals surface area (Å²) in [6, 6.07) is -0.848. The van der Waals surface area contributed by atoms with Crippen LogP contribution in [0.4, 0.5) is 0 Å². The number of hydrogen-bond acceptors (Lipinski definition) is 6. The van der Waals surface area contributed by atoms with Gasteiger partial charge >= 0.3 is 13.8 Å². The highest BCUT2D eigenvalue weighted by Crippen LogP contribution is 2.43. The molecule has 0 radical (unpaired) electrons. The van der Waals surface area contributed by atoms with E-state index in [1.807, 2.05) is 33.3 Å². The molecule has 0 fully saturated rings. The molecule has 0 aromatic rings. The van der Waals surface area contributed by atoms with Gasteiger partial charge in [0.15, 0.2) is 0 Å². The fraction of sp³-hybridized carbons (Fsp3) is 0.821. The fourth-order valence-electron chi connectivity index (χ4n) is 9.40. The summed E-state index contributed by atoms with van der Waals surface area (Å²) in [7, 11) is 1.50. The van der Waals surface area contributed by atoms with Crippen molar-refractivity contribution < 1.29 is 37.3 Å². The largest absolute Gasteiger partial charge is 0.472 e. The Morgan fingerprint density at radius 3 is 1.21 bits per heavy atom. The first-order chi connectivity index (χ1) is 37.4. The second-order valence-electron chi connectivity index (χ2n) is 23.3. The normalized spacial score (nSPS) is 14.0. The van der Waals surface area contributed by atoms with Crippen LogP contribution in [0.3, 0.4) is 0 Å². The summed E-state index contributed by atoms with van der Waals surface area (Å²) in [5, 5.41) is 3.06. The van der Waals surface area contributed by atoms with Crippen LogP contribution in [0.5, 0.6) is 0 Å². The van der Waals surface area contributed by atoms with E-state index in [0.717, 1.165) is 77.0 Å². The maximum atomic E-state index is 13.6. The standard InChI is InChI=1S/C67H125N2O7P/c1-7-10-13-16-19-22-25-27-28-29-30-31-32-33-34-35-36-37-38-39-40-42-45-47-50-53-56-59-66(70)68-64(63-75-77(72,73)74-62-61-69(4,5)6)65(58-55-52-49-46-44-41-26-23-20-17-14-11-8-2)76-67(71)60-57-54-51-48-43-24-21-18-15-12-9-3/h19,22,27-28,30-31,33-34,55,58,64-65H,7-18,20-21,23-26,29,32,35-54,56-57,59-63H2,1-6H3,(H-,68,70,72,73)/p+1/b22-19-,28-27-,31-30-,34-33-,58-55+. The van der Waals surface area contributed by atoms with E-state index >= 15 is 0 Å². The number of nitrogens with one attached hydrogen (secondary N) is 1. The van der Waals surface area contributed by atoms with E-state index in [1.165, 1.54) is 193 Å². The number of rotatable bonds is 59. The zero-order chi connectivity index (χ0) is 56.4. The quantitative estimate of drug-likeness (QED) is 0.0205. The van der Waals surface area contributed by atoms with E-state index in [1.54, 1.807) is 0 Å². The Hall–Kier alpha value is -2.29. The van der Waals surface area contributed by atoms with Gasteiger partial charge in [-0.05, 0) is 76.7 Å². The van der Waals surface area contributed by atoms with E-state index in [0.29, 0.717) is 23.9 Å². The number of hydrogen-bond donors (Lipinski definition) is 2. The van der Waals surface area contributed by atoms with Crippen LogP contribution in [0.15, 0.2) is 60.8 Å². The lowest BCUT2D eigenvalue weighted by Gasteiger charge is -2.27. The molecule has 0 saturated carbocycles. The molecule has 0 aliphatic heterocycles. The van der Waals surface area contributed by atoms with Crippen molar-refractivity contribution in [2.45, 2.75) is 315 Å². The molecule has 3 atom stereocenters. The number of carbonyl (C=O) groups is 2. The Morgan fingerprint density at radius 2 is 0.792 bits per heavy atom. The number of esters is 1. The molecule has 0 aliphatic carbocycles. The van der Waals surface area contributed by atoms with Crippen molar-refractivity contribution in [1.82, 2.24) is 5.32 Å². The summed E-state index contributed by atoms with van der Waals surface area (Å²) in [4.78, 5) is 37.7. The first-order valence-electron chi connectivity index (χ1n) is 32.6. The Labute approximate surface area is 477 Å². The Morgan fingerprint density at radius 1 is 0.455 bits per heavy atom. The Kier molecular flexibility index (Phi) is 55.3. The fourth-order valence-corrected chi connectivity index (χ4v) is 10.1. The molecule has 0 saturated heterocycles. The monoisotopic (exact) mass is 1100 g/mol. The van der Waals surface area contributed by atoms with Crippen molar-refractivity contribution >= 4 is 19.7 Å². The van der Waals surface area contributed by atoms with Crippen LogP contribution in [-0.2, 0) is 27.9 Å². The van der Waals surface area contributed by atoms with Gasteiger partial charge in [-0.2, -0.15) is 0 Å². The van der Waals surface area contributed by atoms with Crippen LogP contribution >= 0.6 is 7.82 Å². The summed E-state index contributed by atoms with van der Waals surface area (Å²) >= 11 is 0. The number of carbonyl (C=O) groups excluding carboxylic acids is 2. The van der Waals surface area contributed by atoms with Gasteiger partial charge in [-0.3, -0.25) is 18.6 Å². The zero-order valence-electron chi connectivity index (χ0n) is 51.5. The summed E-state index contributed by atoms with van der Waals surface area (Å²) in [5.41, 5.74) is 0. The van der Waals surface area contributed by atoms with Gasteiger partial charge in [0.2, 0.25) is 5.91 Å². The Bertz CT molecular complexity index is 1500. The molecule has 0 aromatic heterocycles. The number of amides is 1. The second-order valence-corrected chi connectivity index (χ2v) is 24.7. The molecular formula is C67H126N2O7P+. The van der Waals surface area contributed by atoms with Gasteiger partial charge in [-0.25, -0.2) is 4.57 Å². The Balaban J connectivity index is 5.04. The lowest BCUT2D eigenvalue weighted by Crippen LogP contribution is -2.47. The lowest BCUT2D eigenvalue weighted by molar-refractivity contribution is -0.870. The van der Waals surface area contributed by atoms with E-state index in [2.05, 4.69) is 74.7 Å². The number of nitrogens with zero attached hydrogens (tertiary/aromatic N) is 1.